The minimum Gasteiger partial charge on any atom is -0.459 e. The summed E-state index contributed by atoms with van der Waals surface area (Å²) < 4.78 is 57.3. The third kappa shape index (κ3) is 4.96. The number of halogens is 3. The average molecular weight is 749 g/mol. The van der Waals surface area contributed by atoms with Gasteiger partial charge in [0.1, 0.15) is 17.3 Å². The Balaban J connectivity index is 0.000000171. The van der Waals surface area contributed by atoms with Crippen LogP contribution < -0.4 is 9.80 Å². The van der Waals surface area contributed by atoms with E-state index in [0.29, 0.717) is 23.9 Å². The molecule has 4 unspecified atom stereocenters. The Bertz CT molecular complexity index is 2160. The Kier molecular flexibility index (Phi) is 8.03. The van der Waals surface area contributed by atoms with Gasteiger partial charge in [-0.15, -0.1) is 0 Å². The predicted molar refractivity (Wildman–Crippen MR) is 179 cm³/mol. The van der Waals surface area contributed by atoms with Crippen molar-refractivity contribution in [2.24, 2.45) is 23.7 Å². The molecule has 0 saturated carbocycles. The van der Waals surface area contributed by atoms with Gasteiger partial charge >= 0.3 is 12.1 Å². The number of carbonyl (C=O) groups excluding carboxylic acids is 5. The summed E-state index contributed by atoms with van der Waals surface area (Å²) in [5, 5.41) is 19.3. The highest BCUT2D eigenvalue weighted by Gasteiger charge is 2.77. The van der Waals surface area contributed by atoms with Gasteiger partial charge in [0.15, 0.2) is 5.69 Å². The number of fused-ring (bicyclic) bond motifs is 10. The van der Waals surface area contributed by atoms with Crippen LogP contribution in [0.3, 0.4) is 0 Å². The highest BCUT2D eigenvalue weighted by molar-refractivity contribution is 6.24. The molecule has 54 heavy (non-hydrogen) atoms. The quantitative estimate of drug-likeness (QED) is 0.268. The third-order valence-electron chi connectivity index (χ3n) is 12.1. The molecule has 4 bridgehead atoms. The molecule has 2 aromatic carbocycles. The monoisotopic (exact) mass is 748 g/mol. The molecule has 0 radical (unpaired) electrons. The second kappa shape index (κ2) is 11.7. The lowest BCUT2D eigenvalue weighted by molar-refractivity contribution is -0.159. The van der Waals surface area contributed by atoms with Crippen LogP contribution in [-0.2, 0) is 44.4 Å². The predicted octanol–water partition coefficient (Wildman–Crippen LogP) is 4.53. The molecule has 6 saturated heterocycles. The molecule has 0 aromatic heterocycles. The van der Waals surface area contributed by atoms with Crippen LogP contribution in [-0.4, -0.2) is 69.3 Å². The van der Waals surface area contributed by atoms with E-state index in [1.807, 2.05) is 0 Å². The molecule has 6 aliphatic rings. The zero-order chi connectivity index (χ0) is 39.7. The Morgan fingerprint density at radius 3 is 1.91 bits per heavy atom. The van der Waals surface area contributed by atoms with Crippen LogP contribution in [0.5, 0.6) is 0 Å². The number of aliphatic hydroxyl groups excluding tert-OH is 1. The maximum absolute atomic E-state index is 13.3. The summed E-state index contributed by atoms with van der Waals surface area (Å²) >= 11 is 0. The molecule has 4 amide bonds. The van der Waals surface area contributed by atoms with Crippen molar-refractivity contribution in [2.75, 3.05) is 9.80 Å². The SMILES string of the molecule is CC(=O)O[C@@H]1CC2(C)OC1(C)[C@H]1C(=O)N(c3ccc(C#N)c(C(F)(F)F)c3)C(=O)[C@H]12.[C-]#[N+]c1ccc(N2C(=O)[C@@H]3[C@H](C2=O)C2(C)C[C@H](O)C3(C)O2)cc1C. The molecule has 16 heteroatoms. The van der Waals surface area contributed by atoms with Crippen molar-refractivity contribution in [1.82, 2.24) is 0 Å². The number of esters is 1. The van der Waals surface area contributed by atoms with Gasteiger partial charge in [0.05, 0.1) is 70.4 Å². The van der Waals surface area contributed by atoms with Crippen molar-refractivity contribution >= 4 is 46.7 Å². The summed E-state index contributed by atoms with van der Waals surface area (Å²) in [4.78, 5) is 69.2. The second-order valence-electron chi connectivity index (χ2n) is 15.6. The first-order valence-electron chi connectivity index (χ1n) is 17.2. The number of rotatable bonds is 3. The molecule has 0 aliphatic carbocycles. The molecule has 0 spiro atoms. The molecule has 282 valence electrons. The molecule has 6 fully saturated rings. The van der Waals surface area contributed by atoms with Crippen LogP contribution in [0.25, 0.3) is 4.85 Å². The summed E-state index contributed by atoms with van der Waals surface area (Å²) in [5.74, 6) is -5.71. The van der Waals surface area contributed by atoms with Crippen LogP contribution in [0.4, 0.5) is 30.2 Å². The fraction of sp³-hybridized carbons (Fsp3) is 0.500. The van der Waals surface area contributed by atoms with E-state index in [-0.39, 0.29) is 23.9 Å². The number of nitrogens with zero attached hydrogens (tertiary/aromatic N) is 4. The van der Waals surface area contributed by atoms with Crippen LogP contribution in [0.15, 0.2) is 36.4 Å². The first-order valence-corrected chi connectivity index (χ1v) is 17.2. The minimum atomic E-state index is -4.83. The fourth-order valence-corrected chi connectivity index (χ4v) is 9.79. The number of aliphatic hydroxyl groups is 1. The van der Waals surface area contributed by atoms with Crippen LogP contribution in [0, 0.1) is 48.5 Å². The first kappa shape index (κ1) is 37.2. The number of ether oxygens (including phenoxy) is 3. The van der Waals surface area contributed by atoms with Gasteiger partial charge in [-0.1, -0.05) is 6.07 Å². The zero-order valence-corrected chi connectivity index (χ0v) is 30.0. The molecule has 6 heterocycles. The zero-order valence-electron chi connectivity index (χ0n) is 30.0. The van der Waals surface area contributed by atoms with E-state index >= 15 is 0 Å². The van der Waals surface area contributed by atoms with E-state index in [0.717, 1.165) is 22.6 Å². The molecular formula is C38H35F3N4O9. The van der Waals surface area contributed by atoms with Crippen LogP contribution in [0.2, 0.25) is 0 Å². The Morgan fingerprint density at radius 2 is 1.39 bits per heavy atom. The summed E-state index contributed by atoms with van der Waals surface area (Å²) in [6, 6.07) is 9.11. The van der Waals surface area contributed by atoms with Crippen molar-refractivity contribution in [1.29, 1.82) is 5.26 Å². The molecule has 1 N–H and O–H groups in total. The molecule has 2 aromatic rings. The molecule has 6 aliphatic heterocycles. The number of benzene rings is 2. The normalized spacial score (nSPS) is 37.2. The van der Waals surface area contributed by atoms with Gasteiger partial charge in [0, 0.05) is 25.5 Å². The van der Waals surface area contributed by atoms with Gasteiger partial charge in [0.25, 0.3) is 0 Å². The number of hydrogen-bond acceptors (Lipinski definition) is 10. The number of nitriles is 1. The number of carbonyl (C=O) groups is 5. The average Bonchev–Trinajstić information content (AvgIpc) is 3.81. The molecular weight excluding hydrogens is 713 g/mol. The number of aryl methyl sites for hydroxylation is 1. The number of hydrogen-bond donors (Lipinski definition) is 1. The van der Waals surface area contributed by atoms with Crippen molar-refractivity contribution in [3.63, 3.8) is 0 Å². The van der Waals surface area contributed by atoms with E-state index in [1.54, 1.807) is 52.8 Å². The van der Waals surface area contributed by atoms with E-state index < -0.39 is 93.4 Å². The second-order valence-corrected chi connectivity index (χ2v) is 15.6. The van der Waals surface area contributed by atoms with Gasteiger partial charge in [-0.2, -0.15) is 18.4 Å². The first-order chi connectivity index (χ1) is 25.1. The molecule has 10 atom stereocenters. The largest absolute Gasteiger partial charge is 0.459 e. The van der Waals surface area contributed by atoms with E-state index in [2.05, 4.69) is 4.85 Å². The maximum atomic E-state index is 13.3. The van der Waals surface area contributed by atoms with Crippen molar-refractivity contribution in [3.8, 4) is 6.07 Å². The van der Waals surface area contributed by atoms with Gasteiger partial charge < -0.3 is 19.3 Å². The lowest BCUT2D eigenvalue weighted by Crippen LogP contribution is -2.50. The number of alkyl halides is 3. The van der Waals surface area contributed by atoms with Crippen LogP contribution >= 0.6 is 0 Å². The molecule has 8 rings (SSSR count). The summed E-state index contributed by atoms with van der Waals surface area (Å²) in [6.07, 6.45) is -5.80. The van der Waals surface area contributed by atoms with Gasteiger partial charge in [-0.05, 0) is 70.5 Å². The minimum absolute atomic E-state index is 0.193. The number of anilines is 2. The lowest BCUT2D eigenvalue weighted by atomic mass is 9.67. The van der Waals surface area contributed by atoms with Gasteiger partial charge in [-0.25, -0.2) is 14.6 Å². The standard InChI is InChI=1S/C20H17F3N2O5.C18H18N2O4/c1-9(26)29-13-7-18(2)14-15(19(13,3)30-18)17(28)25(16(14)27)11-5-4-10(8-24)12(6-11)20(21,22)23;1-9-7-10(5-6-11(9)19-4)20-15(22)13-14(16(20)23)18(3)12(21)8-17(13,2)24-18/h4-6,13-15H,7H2,1-3H3;5-7,12-14,21H,8H2,1-3H3/t13-,14+,15-,18?,19?;12-,13+,14-,17?,18?/m10/s1. The highest BCUT2D eigenvalue weighted by atomic mass is 19.4. The Hall–Kier alpha value is -5.16. The van der Waals surface area contributed by atoms with E-state index in [4.69, 9.17) is 26.0 Å². The number of amides is 4. The Labute approximate surface area is 307 Å². The van der Waals surface area contributed by atoms with Crippen molar-refractivity contribution < 1.29 is 56.5 Å². The van der Waals surface area contributed by atoms with Crippen LogP contribution in [0.1, 0.15) is 64.2 Å². The number of imide groups is 2. The Morgan fingerprint density at radius 1 is 0.889 bits per heavy atom. The van der Waals surface area contributed by atoms with Crippen molar-refractivity contribution in [2.45, 2.75) is 95.2 Å². The van der Waals surface area contributed by atoms with E-state index in [1.165, 1.54) is 17.9 Å². The van der Waals surface area contributed by atoms with Crippen molar-refractivity contribution in [3.05, 3.63) is 64.5 Å². The van der Waals surface area contributed by atoms with E-state index in [9.17, 15) is 42.3 Å². The lowest BCUT2D eigenvalue weighted by Gasteiger charge is -2.34. The summed E-state index contributed by atoms with van der Waals surface area (Å²) in [7, 11) is 0. The van der Waals surface area contributed by atoms with Gasteiger partial charge in [0.2, 0.25) is 23.6 Å². The smallest absolute Gasteiger partial charge is 0.417 e. The maximum Gasteiger partial charge on any atom is 0.417 e. The third-order valence-corrected chi connectivity index (χ3v) is 12.1. The topological polar surface area (TPSA) is 168 Å². The summed E-state index contributed by atoms with van der Waals surface area (Å²) in [5.41, 5.74) is -4.61. The highest BCUT2D eigenvalue weighted by Crippen LogP contribution is 2.63. The fourth-order valence-electron chi connectivity index (χ4n) is 9.79. The molecule has 13 nitrogen and oxygen atoms in total. The summed E-state index contributed by atoms with van der Waals surface area (Å²) in [6.45, 7) is 16.8. The van der Waals surface area contributed by atoms with Gasteiger partial charge in [-0.3, -0.25) is 24.0 Å².